The maximum Gasteiger partial charge on any atom is 0.0586 e. The molecule has 3 fully saturated rings. The lowest BCUT2D eigenvalue weighted by molar-refractivity contribution is 0.0960. The summed E-state index contributed by atoms with van der Waals surface area (Å²) < 4.78 is 0. The molecule has 17 heavy (non-hydrogen) atoms. The Morgan fingerprint density at radius 3 is 2.65 bits per heavy atom. The normalized spacial score (nSPS) is 42.9. The third kappa shape index (κ3) is 2.53. The van der Waals surface area contributed by atoms with Crippen molar-refractivity contribution in [2.24, 2.45) is 17.8 Å². The van der Waals surface area contributed by atoms with Gasteiger partial charge in [-0.1, -0.05) is 19.3 Å². The molecule has 3 aliphatic rings. The van der Waals surface area contributed by atoms with Gasteiger partial charge in [-0.15, -0.1) is 0 Å². The molecule has 2 saturated carbocycles. The van der Waals surface area contributed by atoms with Gasteiger partial charge in [-0.05, 0) is 56.4 Å². The first-order chi connectivity index (χ1) is 8.36. The highest BCUT2D eigenvalue weighted by molar-refractivity contribution is 4.92. The molecule has 2 bridgehead atoms. The minimum Gasteiger partial charge on any atom is -0.395 e. The van der Waals surface area contributed by atoms with E-state index in [2.05, 4.69) is 4.90 Å². The lowest BCUT2D eigenvalue weighted by atomic mass is 9.88. The summed E-state index contributed by atoms with van der Waals surface area (Å²) in [5, 5.41) is 9.55. The molecule has 1 heterocycles. The number of aliphatic hydroxyl groups excluding tert-OH is 1. The van der Waals surface area contributed by atoms with E-state index < -0.39 is 0 Å². The van der Waals surface area contributed by atoms with Crippen LogP contribution in [0.25, 0.3) is 0 Å². The molecule has 2 heteroatoms. The van der Waals surface area contributed by atoms with Gasteiger partial charge in [-0.25, -0.2) is 0 Å². The van der Waals surface area contributed by atoms with Crippen LogP contribution >= 0.6 is 0 Å². The third-order valence-electron chi connectivity index (χ3n) is 5.56. The fourth-order valence-corrected chi connectivity index (χ4v) is 4.59. The van der Waals surface area contributed by atoms with Crippen LogP contribution in [0.4, 0.5) is 0 Å². The van der Waals surface area contributed by atoms with Crippen molar-refractivity contribution in [3.63, 3.8) is 0 Å². The van der Waals surface area contributed by atoms with Crippen LogP contribution in [0.5, 0.6) is 0 Å². The fourth-order valence-electron chi connectivity index (χ4n) is 4.59. The topological polar surface area (TPSA) is 23.5 Å². The number of likely N-dealkylation sites (tertiary alicyclic amines) is 1. The molecule has 2 aliphatic carbocycles. The predicted octanol–water partition coefficient (Wildman–Crippen LogP) is 2.66. The molecule has 0 aromatic heterocycles. The van der Waals surface area contributed by atoms with Gasteiger partial charge in [-0.2, -0.15) is 0 Å². The van der Waals surface area contributed by atoms with Crippen molar-refractivity contribution >= 4 is 0 Å². The van der Waals surface area contributed by atoms with Crippen LogP contribution < -0.4 is 0 Å². The van der Waals surface area contributed by atoms with Crippen molar-refractivity contribution in [1.29, 1.82) is 0 Å². The molecular formula is C15H27NO. The van der Waals surface area contributed by atoms with E-state index in [1.54, 1.807) is 0 Å². The first-order valence-corrected chi connectivity index (χ1v) is 7.71. The van der Waals surface area contributed by atoms with Crippen LogP contribution in [0.1, 0.15) is 51.4 Å². The van der Waals surface area contributed by atoms with E-state index in [4.69, 9.17) is 0 Å². The Labute approximate surface area is 105 Å². The van der Waals surface area contributed by atoms with Gasteiger partial charge < -0.3 is 5.11 Å². The molecule has 0 spiro atoms. The SMILES string of the molecule is OCC1CCCCCN1CC1CC2CCC1C2. The van der Waals surface area contributed by atoms with Gasteiger partial charge in [-0.3, -0.25) is 4.90 Å². The largest absolute Gasteiger partial charge is 0.395 e. The number of hydrogen-bond donors (Lipinski definition) is 1. The first kappa shape index (κ1) is 12.0. The number of rotatable bonds is 3. The Morgan fingerprint density at radius 1 is 1.00 bits per heavy atom. The van der Waals surface area contributed by atoms with E-state index in [1.165, 1.54) is 64.5 Å². The molecule has 0 amide bonds. The zero-order valence-electron chi connectivity index (χ0n) is 11.0. The second-order valence-corrected chi connectivity index (χ2v) is 6.62. The second kappa shape index (κ2) is 5.27. The first-order valence-electron chi connectivity index (χ1n) is 7.71. The maximum absolute atomic E-state index is 9.55. The van der Waals surface area contributed by atoms with Crippen LogP contribution in [-0.4, -0.2) is 35.7 Å². The van der Waals surface area contributed by atoms with Crippen molar-refractivity contribution in [1.82, 2.24) is 4.90 Å². The van der Waals surface area contributed by atoms with E-state index in [1.807, 2.05) is 0 Å². The lowest BCUT2D eigenvalue weighted by Gasteiger charge is -2.33. The molecule has 2 nitrogen and oxygen atoms in total. The Morgan fingerprint density at radius 2 is 1.94 bits per heavy atom. The average molecular weight is 237 g/mol. The number of nitrogens with zero attached hydrogens (tertiary/aromatic N) is 1. The molecule has 4 unspecified atom stereocenters. The van der Waals surface area contributed by atoms with Crippen LogP contribution in [0.2, 0.25) is 0 Å². The lowest BCUT2D eigenvalue weighted by Crippen LogP contribution is -2.41. The summed E-state index contributed by atoms with van der Waals surface area (Å²) >= 11 is 0. The molecule has 0 aromatic rings. The molecule has 1 saturated heterocycles. The standard InChI is InChI=1S/C15H27NO/c17-11-15-4-2-1-3-7-16(15)10-14-9-12-5-6-13(14)8-12/h12-15,17H,1-11H2. The smallest absolute Gasteiger partial charge is 0.0586 e. The Bertz CT molecular complexity index is 255. The molecule has 0 radical (unpaired) electrons. The zero-order valence-corrected chi connectivity index (χ0v) is 11.0. The Hall–Kier alpha value is -0.0800. The van der Waals surface area contributed by atoms with Crippen LogP contribution in [0.15, 0.2) is 0 Å². The zero-order chi connectivity index (χ0) is 11.7. The van der Waals surface area contributed by atoms with Gasteiger partial charge in [0.2, 0.25) is 0 Å². The molecule has 3 rings (SSSR count). The summed E-state index contributed by atoms with van der Waals surface area (Å²) in [6.45, 7) is 2.90. The van der Waals surface area contributed by atoms with Crippen molar-refractivity contribution in [3.05, 3.63) is 0 Å². The van der Waals surface area contributed by atoms with E-state index in [0.29, 0.717) is 12.6 Å². The van der Waals surface area contributed by atoms with E-state index in [0.717, 1.165) is 17.8 Å². The van der Waals surface area contributed by atoms with E-state index >= 15 is 0 Å². The van der Waals surface area contributed by atoms with Crippen LogP contribution in [0.3, 0.4) is 0 Å². The molecule has 1 N–H and O–H groups in total. The quantitative estimate of drug-likeness (QED) is 0.815. The Kier molecular flexibility index (Phi) is 3.72. The summed E-state index contributed by atoms with van der Waals surface area (Å²) in [5.74, 6) is 3.05. The van der Waals surface area contributed by atoms with Crippen molar-refractivity contribution in [2.75, 3.05) is 19.7 Å². The number of fused-ring (bicyclic) bond motifs is 2. The van der Waals surface area contributed by atoms with Gasteiger partial charge in [0.05, 0.1) is 6.61 Å². The van der Waals surface area contributed by atoms with E-state index in [-0.39, 0.29) is 0 Å². The summed E-state index contributed by atoms with van der Waals surface area (Å²) in [6.07, 6.45) is 11.2. The number of aliphatic hydroxyl groups is 1. The number of hydrogen-bond acceptors (Lipinski definition) is 2. The van der Waals surface area contributed by atoms with Gasteiger partial charge in [0.1, 0.15) is 0 Å². The predicted molar refractivity (Wildman–Crippen MR) is 69.9 cm³/mol. The maximum atomic E-state index is 9.55. The summed E-state index contributed by atoms with van der Waals surface area (Å²) in [7, 11) is 0. The second-order valence-electron chi connectivity index (χ2n) is 6.62. The summed E-state index contributed by atoms with van der Waals surface area (Å²) in [5.41, 5.74) is 0. The molecule has 1 aliphatic heterocycles. The highest BCUT2D eigenvalue weighted by Crippen LogP contribution is 2.48. The highest BCUT2D eigenvalue weighted by atomic mass is 16.3. The van der Waals surface area contributed by atoms with Gasteiger partial charge in [0.25, 0.3) is 0 Å². The molecular weight excluding hydrogens is 210 g/mol. The highest BCUT2D eigenvalue weighted by Gasteiger charge is 2.40. The monoisotopic (exact) mass is 237 g/mol. The van der Waals surface area contributed by atoms with Gasteiger partial charge >= 0.3 is 0 Å². The van der Waals surface area contributed by atoms with E-state index in [9.17, 15) is 5.11 Å². The average Bonchev–Trinajstić information content (AvgIpc) is 2.87. The summed E-state index contributed by atoms with van der Waals surface area (Å²) in [6, 6.07) is 0.469. The van der Waals surface area contributed by atoms with Crippen LogP contribution in [-0.2, 0) is 0 Å². The van der Waals surface area contributed by atoms with Gasteiger partial charge in [0.15, 0.2) is 0 Å². The minimum absolute atomic E-state index is 0.376. The fraction of sp³-hybridized carbons (Fsp3) is 1.00. The van der Waals surface area contributed by atoms with Gasteiger partial charge in [0, 0.05) is 12.6 Å². The van der Waals surface area contributed by atoms with Crippen molar-refractivity contribution in [2.45, 2.75) is 57.4 Å². The summed E-state index contributed by atoms with van der Waals surface area (Å²) in [4.78, 5) is 2.62. The Balaban J connectivity index is 1.58. The molecule has 0 aromatic carbocycles. The van der Waals surface area contributed by atoms with Crippen LogP contribution in [0, 0.1) is 17.8 Å². The third-order valence-corrected chi connectivity index (χ3v) is 5.56. The minimum atomic E-state index is 0.376. The van der Waals surface area contributed by atoms with Crippen molar-refractivity contribution in [3.8, 4) is 0 Å². The molecule has 4 atom stereocenters. The van der Waals surface area contributed by atoms with Crippen molar-refractivity contribution < 1.29 is 5.11 Å². The molecule has 98 valence electrons.